The van der Waals surface area contributed by atoms with Crippen molar-refractivity contribution in [2.24, 2.45) is 0 Å². The molecule has 6 nitrogen and oxygen atoms in total. The fraction of sp³-hybridized carbons (Fsp3) is 0.500. The molecule has 0 aromatic carbocycles. The van der Waals surface area contributed by atoms with E-state index in [9.17, 15) is 4.79 Å². The van der Waals surface area contributed by atoms with Crippen LogP contribution in [0.1, 0.15) is 61.5 Å². The highest BCUT2D eigenvalue weighted by molar-refractivity contribution is 6.01. The third-order valence-electron chi connectivity index (χ3n) is 3.24. The number of anilines is 1. The van der Waals surface area contributed by atoms with E-state index in [4.69, 9.17) is 9.05 Å². The van der Waals surface area contributed by atoms with Gasteiger partial charge < -0.3 is 14.4 Å². The van der Waals surface area contributed by atoms with Gasteiger partial charge in [-0.15, -0.1) is 0 Å². The van der Waals surface area contributed by atoms with Gasteiger partial charge in [-0.25, -0.2) is 0 Å². The van der Waals surface area contributed by atoms with Crippen molar-refractivity contribution in [3.63, 3.8) is 0 Å². The van der Waals surface area contributed by atoms with E-state index in [-0.39, 0.29) is 17.1 Å². The summed E-state index contributed by atoms with van der Waals surface area (Å²) < 4.78 is 10.3. The first-order valence-corrected chi connectivity index (χ1v) is 6.68. The summed E-state index contributed by atoms with van der Waals surface area (Å²) >= 11 is 0. The molecule has 1 aliphatic carbocycles. The van der Waals surface area contributed by atoms with Gasteiger partial charge in [-0.3, -0.25) is 4.79 Å². The lowest BCUT2D eigenvalue weighted by Crippen LogP contribution is -2.11. The zero-order valence-corrected chi connectivity index (χ0v) is 11.8. The predicted molar refractivity (Wildman–Crippen MR) is 71.6 cm³/mol. The van der Waals surface area contributed by atoms with Crippen LogP contribution in [0.2, 0.25) is 0 Å². The molecule has 0 radical (unpaired) electrons. The minimum absolute atomic E-state index is 0.151. The molecule has 0 atom stereocenters. The maximum atomic E-state index is 12.0. The first-order chi connectivity index (χ1) is 9.43. The van der Waals surface area contributed by atoms with E-state index in [1.165, 1.54) is 0 Å². The molecule has 0 unspecified atom stereocenters. The van der Waals surface area contributed by atoms with Crippen molar-refractivity contribution in [3.8, 4) is 0 Å². The summed E-state index contributed by atoms with van der Waals surface area (Å²) in [6.45, 7) is 6.03. The minimum Gasteiger partial charge on any atom is -0.359 e. The van der Waals surface area contributed by atoms with Gasteiger partial charge >= 0.3 is 0 Å². The summed E-state index contributed by atoms with van der Waals surface area (Å²) in [7, 11) is 0. The van der Waals surface area contributed by atoms with Gasteiger partial charge in [0, 0.05) is 23.5 Å². The third kappa shape index (κ3) is 2.59. The number of hydrogen-bond acceptors (Lipinski definition) is 5. The van der Waals surface area contributed by atoms with Gasteiger partial charge in [-0.1, -0.05) is 31.1 Å². The lowest BCUT2D eigenvalue weighted by atomic mass is 9.93. The highest BCUT2D eigenvalue weighted by Gasteiger charge is 2.28. The summed E-state index contributed by atoms with van der Waals surface area (Å²) in [4.78, 5) is 12.0. The first-order valence-electron chi connectivity index (χ1n) is 6.68. The smallest absolute Gasteiger partial charge is 0.295 e. The zero-order valence-electron chi connectivity index (χ0n) is 11.8. The Morgan fingerprint density at radius 3 is 2.60 bits per heavy atom. The molecule has 2 aromatic heterocycles. The van der Waals surface area contributed by atoms with E-state index in [1.54, 1.807) is 12.1 Å². The average molecular weight is 275 g/mol. The molecule has 6 heteroatoms. The molecule has 0 bridgehead atoms. The van der Waals surface area contributed by atoms with Crippen molar-refractivity contribution >= 4 is 11.7 Å². The monoisotopic (exact) mass is 275 g/mol. The van der Waals surface area contributed by atoms with Crippen molar-refractivity contribution in [2.75, 3.05) is 5.32 Å². The van der Waals surface area contributed by atoms with Gasteiger partial charge in [0.05, 0.1) is 5.69 Å². The molecule has 0 spiro atoms. The number of aromatic nitrogens is 2. The van der Waals surface area contributed by atoms with Crippen molar-refractivity contribution in [3.05, 3.63) is 29.3 Å². The van der Waals surface area contributed by atoms with E-state index < -0.39 is 0 Å². The van der Waals surface area contributed by atoms with Crippen LogP contribution >= 0.6 is 0 Å². The van der Waals surface area contributed by atoms with E-state index >= 15 is 0 Å². The summed E-state index contributed by atoms with van der Waals surface area (Å²) in [5, 5.41) is 10.4. The van der Waals surface area contributed by atoms with E-state index in [0.717, 1.165) is 18.5 Å². The molecule has 1 aliphatic rings. The Balaban J connectivity index is 1.70. The Labute approximate surface area is 116 Å². The molecular weight excluding hydrogens is 258 g/mol. The number of nitrogens with one attached hydrogen (secondary N) is 1. The van der Waals surface area contributed by atoms with Crippen molar-refractivity contribution < 1.29 is 13.8 Å². The van der Waals surface area contributed by atoms with Crippen LogP contribution in [0.3, 0.4) is 0 Å². The Morgan fingerprint density at radius 2 is 2.00 bits per heavy atom. The van der Waals surface area contributed by atoms with Crippen LogP contribution in [0, 0.1) is 0 Å². The molecule has 106 valence electrons. The van der Waals surface area contributed by atoms with Crippen molar-refractivity contribution in [2.45, 2.75) is 44.9 Å². The highest BCUT2D eigenvalue weighted by atomic mass is 16.5. The maximum absolute atomic E-state index is 12.0. The third-order valence-corrected chi connectivity index (χ3v) is 3.24. The van der Waals surface area contributed by atoms with Crippen LogP contribution in [0.25, 0.3) is 0 Å². The molecule has 1 amide bonds. The molecule has 1 saturated carbocycles. The second-order valence-electron chi connectivity index (χ2n) is 6.17. The second kappa shape index (κ2) is 4.47. The number of carbonyl (C=O) groups is 1. The van der Waals surface area contributed by atoms with Crippen LogP contribution in [-0.4, -0.2) is 16.2 Å². The molecule has 2 aromatic rings. The number of rotatable bonds is 3. The molecule has 2 heterocycles. The standard InChI is InChI=1S/C14H17N3O3/c1-14(2,3)11-7-12(17-20-11)15-13(18)10-6-9(16-19-10)8-4-5-8/h6-8H,4-5H2,1-3H3,(H,15,17,18). The fourth-order valence-corrected chi connectivity index (χ4v) is 1.83. The quantitative estimate of drug-likeness (QED) is 0.930. The van der Waals surface area contributed by atoms with Crippen molar-refractivity contribution in [1.29, 1.82) is 0 Å². The summed E-state index contributed by atoms with van der Waals surface area (Å²) in [6.07, 6.45) is 2.23. The zero-order chi connectivity index (χ0) is 14.3. The van der Waals surface area contributed by atoms with Gasteiger partial charge in [0.15, 0.2) is 5.82 Å². The van der Waals surface area contributed by atoms with Gasteiger partial charge in [-0.05, 0) is 12.8 Å². The van der Waals surface area contributed by atoms with Gasteiger partial charge in [0.2, 0.25) is 5.76 Å². The lowest BCUT2D eigenvalue weighted by Gasteiger charge is -2.11. The van der Waals surface area contributed by atoms with Crippen LogP contribution < -0.4 is 5.32 Å². The number of nitrogens with zero attached hydrogens (tertiary/aromatic N) is 2. The average Bonchev–Trinajstić information content (AvgIpc) is 2.91. The summed E-state index contributed by atoms with van der Waals surface area (Å²) in [6, 6.07) is 3.41. The topological polar surface area (TPSA) is 81.2 Å². The minimum atomic E-state index is -0.363. The molecular formula is C14H17N3O3. The Hall–Kier alpha value is -2.11. The molecule has 1 fully saturated rings. The van der Waals surface area contributed by atoms with Crippen LogP contribution in [0.5, 0.6) is 0 Å². The molecule has 1 N–H and O–H groups in total. The largest absolute Gasteiger partial charge is 0.359 e. The molecule has 0 aliphatic heterocycles. The Bertz CT molecular complexity index is 632. The number of carbonyl (C=O) groups excluding carboxylic acids is 1. The SMILES string of the molecule is CC(C)(C)c1cc(NC(=O)c2cc(C3CC3)no2)no1. The highest BCUT2D eigenvalue weighted by Crippen LogP contribution is 2.39. The lowest BCUT2D eigenvalue weighted by molar-refractivity contribution is 0.0987. The molecule has 0 saturated heterocycles. The van der Waals surface area contributed by atoms with E-state index in [2.05, 4.69) is 15.6 Å². The van der Waals surface area contributed by atoms with Crippen molar-refractivity contribution in [1.82, 2.24) is 10.3 Å². The van der Waals surface area contributed by atoms with Crippen LogP contribution in [-0.2, 0) is 5.41 Å². The Kier molecular flexibility index (Phi) is 2.88. The predicted octanol–water partition coefficient (Wildman–Crippen LogP) is 3.09. The second-order valence-corrected chi connectivity index (χ2v) is 6.17. The van der Waals surface area contributed by atoms with Crippen LogP contribution in [0.4, 0.5) is 5.82 Å². The summed E-state index contributed by atoms with van der Waals surface area (Å²) in [5.41, 5.74) is 0.701. The molecule has 20 heavy (non-hydrogen) atoms. The molecule has 3 rings (SSSR count). The number of hydrogen-bond donors (Lipinski definition) is 1. The normalized spacial score (nSPS) is 15.3. The maximum Gasteiger partial charge on any atom is 0.295 e. The fourth-order valence-electron chi connectivity index (χ4n) is 1.83. The summed E-state index contributed by atoms with van der Waals surface area (Å²) in [5.74, 6) is 1.39. The van der Waals surface area contributed by atoms with Crippen LogP contribution in [0.15, 0.2) is 21.2 Å². The van der Waals surface area contributed by atoms with E-state index in [0.29, 0.717) is 17.5 Å². The van der Waals surface area contributed by atoms with Gasteiger partial charge in [0.1, 0.15) is 5.76 Å². The number of amides is 1. The van der Waals surface area contributed by atoms with E-state index in [1.807, 2.05) is 20.8 Å². The van der Waals surface area contributed by atoms with Gasteiger partial charge in [0.25, 0.3) is 5.91 Å². The first kappa shape index (κ1) is 12.9. The Morgan fingerprint density at radius 1 is 1.25 bits per heavy atom. The van der Waals surface area contributed by atoms with Gasteiger partial charge in [-0.2, -0.15) is 0 Å².